The van der Waals surface area contributed by atoms with Crippen LogP contribution >= 0.6 is 23.4 Å². The summed E-state index contributed by atoms with van der Waals surface area (Å²) in [7, 11) is -4.27. The largest absolute Gasteiger partial charge is 0.376 e. The van der Waals surface area contributed by atoms with Gasteiger partial charge >= 0.3 is 0 Å². The monoisotopic (exact) mass is 894 g/mol. The van der Waals surface area contributed by atoms with E-state index >= 15 is 0 Å². The molecule has 1 aromatic heterocycles. The second-order valence-corrected chi connectivity index (χ2v) is 19.8. The number of ether oxygens (including phenoxy) is 1. The number of rotatable bonds is 16. The van der Waals surface area contributed by atoms with Crippen molar-refractivity contribution in [1.29, 1.82) is 0 Å². The molecule has 4 aromatic carbocycles. The number of morpholine rings is 1. The number of benzene rings is 4. The molecule has 9 rings (SSSR count). The first-order valence-electron chi connectivity index (χ1n) is 21.5. The van der Waals surface area contributed by atoms with Gasteiger partial charge < -0.3 is 15.0 Å². The first kappa shape index (κ1) is 42.5. The molecule has 5 aromatic rings. The maximum Gasteiger partial charge on any atom is 0.293 e. The minimum absolute atomic E-state index is 0.104. The summed E-state index contributed by atoms with van der Waals surface area (Å²) < 4.78 is 36.1. The van der Waals surface area contributed by atoms with Crippen LogP contribution in [0.5, 0.6) is 0 Å². The Morgan fingerprint density at radius 1 is 0.952 bits per heavy atom. The molecular weight excluding hydrogens is 844 g/mol. The molecule has 16 heteroatoms. The SMILES string of the molecule is O=[N+]([O-])c1cc(S(=O)(=O)Nc2ncnc3cc(N4CCN(CC5=C(c6ccc(Cl)cc6)CCCC5)CC4)ccc23)ccc1NC(CCN1CC2CC1CO2)CSc1ccccc1. The van der Waals surface area contributed by atoms with Crippen LogP contribution in [0.1, 0.15) is 44.1 Å². The van der Waals surface area contributed by atoms with Gasteiger partial charge in [-0.25, -0.2) is 18.4 Å². The molecule has 3 saturated heterocycles. The number of hydrogen-bond acceptors (Lipinski definition) is 12. The molecule has 4 aliphatic rings. The van der Waals surface area contributed by atoms with Gasteiger partial charge in [0, 0.05) is 90.7 Å². The van der Waals surface area contributed by atoms with E-state index in [1.165, 1.54) is 48.0 Å². The van der Waals surface area contributed by atoms with Gasteiger partial charge in [-0.1, -0.05) is 47.5 Å². The Bertz CT molecular complexity index is 2540. The van der Waals surface area contributed by atoms with Gasteiger partial charge in [0.25, 0.3) is 15.7 Å². The highest BCUT2D eigenvalue weighted by molar-refractivity contribution is 7.99. The smallest absolute Gasteiger partial charge is 0.293 e. The molecule has 2 N–H and O–H groups in total. The van der Waals surface area contributed by atoms with Gasteiger partial charge in [-0.05, 0) is 104 Å². The first-order valence-corrected chi connectivity index (χ1v) is 24.3. The highest BCUT2D eigenvalue weighted by atomic mass is 35.5. The summed E-state index contributed by atoms with van der Waals surface area (Å²) in [6.07, 6.45) is 8.08. The second kappa shape index (κ2) is 18.9. The molecule has 13 nitrogen and oxygen atoms in total. The number of likely N-dealkylation sites (tertiary alicyclic amines) is 1. The Balaban J connectivity index is 0.864. The van der Waals surface area contributed by atoms with Gasteiger partial charge in [0.15, 0.2) is 5.82 Å². The topological polar surface area (TPSA) is 146 Å². The van der Waals surface area contributed by atoms with Crippen molar-refractivity contribution in [1.82, 2.24) is 19.8 Å². The zero-order chi connectivity index (χ0) is 42.6. The number of piperazine rings is 1. The van der Waals surface area contributed by atoms with Crippen molar-refractivity contribution in [3.63, 3.8) is 0 Å². The minimum atomic E-state index is -4.27. The molecule has 2 bridgehead atoms. The van der Waals surface area contributed by atoms with Gasteiger partial charge in [0.05, 0.1) is 28.0 Å². The van der Waals surface area contributed by atoms with Crippen LogP contribution in [-0.4, -0.2) is 109 Å². The number of sulfonamides is 1. The lowest BCUT2D eigenvalue weighted by molar-refractivity contribution is -0.384. The molecule has 324 valence electrons. The predicted molar refractivity (Wildman–Crippen MR) is 248 cm³/mol. The van der Waals surface area contributed by atoms with Crippen LogP contribution in [0.25, 0.3) is 16.5 Å². The molecule has 3 aliphatic heterocycles. The van der Waals surface area contributed by atoms with Crippen LogP contribution in [-0.2, 0) is 14.8 Å². The highest BCUT2D eigenvalue weighted by Crippen LogP contribution is 2.36. The molecule has 0 spiro atoms. The van der Waals surface area contributed by atoms with E-state index in [0.717, 1.165) is 99.8 Å². The van der Waals surface area contributed by atoms with E-state index in [1.807, 2.05) is 60.7 Å². The summed E-state index contributed by atoms with van der Waals surface area (Å²) in [5.41, 5.74) is 5.83. The Labute approximate surface area is 372 Å². The third-order valence-corrected chi connectivity index (χ3v) is 15.3. The van der Waals surface area contributed by atoms with Crippen LogP contribution in [0.4, 0.5) is 22.9 Å². The van der Waals surface area contributed by atoms with Crippen molar-refractivity contribution in [3.05, 3.63) is 124 Å². The summed E-state index contributed by atoms with van der Waals surface area (Å²) in [6, 6.07) is 28.4. The van der Waals surface area contributed by atoms with E-state index in [1.54, 1.807) is 11.8 Å². The van der Waals surface area contributed by atoms with Crippen LogP contribution in [0, 0.1) is 10.1 Å². The maximum absolute atomic E-state index is 13.9. The van der Waals surface area contributed by atoms with Crippen LogP contribution in [0.2, 0.25) is 5.02 Å². The zero-order valence-electron chi connectivity index (χ0n) is 34.5. The number of nitro benzene ring substituents is 1. The summed E-state index contributed by atoms with van der Waals surface area (Å²) in [4.78, 5) is 28.9. The van der Waals surface area contributed by atoms with Gasteiger partial charge in [-0.3, -0.25) is 24.6 Å². The van der Waals surface area contributed by atoms with Crippen molar-refractivity contribution in [2.24, 2.45) is 0 Å². The van der Waals surface area contributed by atoms with Crippen molar-refractivity contribution in [2.45, 2.75) is 66.5 Å². The third-order valence-electron chi connectivity index (χ3n) is 12.6. The molecule has 4 heterocycles. The van der Waals surface area contributed by atoms with E-state index in [0.29, 0.717) is 22.7 Å². The zero-order valence-corrected chi connectivity index (χ0v) is 36.9. The Morgan fingerprint density at radius 3 is 2.52 bits per heavy atom. The normalized spacial score (nSPS) is 20.2. The van der Waals surface area contributed by atoms with E-state index < -0.39 is 14.9 Å². The molecular formula is C46H51ClN8O5S2. The summed E-state index contributed by atoms with van der Waals surface area (Å²) >= 11 is 7.86. The molecule has 3 unspecified atom stereocenters. The molecule has 1 aliphatic carbocycles. The number of allylic oxidation sites excluding steroid dienone is 1. The molecule has 0 amide bonds. The van der Waals surface area contributed by atoms with E-state index in [4.69, 9.17) is 16.3 Å². The molecule has 0 radical (unpaired) electrons. The van der Waals surface area contributed by atoms with E-state index in [2.05, 4.69) is 46.8 Å². The minimum Gasteiger partial charge on any atom is -0.376 e. The van der Waals surface area contributed by atoms with Gasteiger partial charge in [0.2, 0.25) is 0 Å². The predicted octanol–water partition coefficient (Wildman–Crippen LogP) is 8.58. The number of nitro groups is 1. The lowest BCUT2D eigenvalue weighted by atomic mass is 9.87. The molecule has 3 atom stereocenters. The molecule has 0 saturated carbocycles. The first-order chi connectivity index (χ1) is 30.1. The van der Waals surface area contributed by atoms with E-state index in [-0.39, 0.29) is 34.2 Å². The number of thioether (sulfide) groups is 1. The fourth-order valence-corrected chi connectivity index (χ4v) is 11.4. The fraction of sp³-hybridized carbons (Fsp3) is 0.391. The average Bonchev–Trinajstić information content (AvgIpc) is 3.92. The third kappa shape index (κ3) is 9.88. The van der Waals surface area contributed by atoms with Crippen molar-refractivity contribution < 1.29 is 18.1 Å². The number of nitrogens with zero attached hydrogens (tertiary/aromatic N) is 6. The number of nitrogens with one attached hydrogen (secondary N) is 2. The number of hydrogen-bond donors (Lipinski definition) is 2. The van der Waals surface area contributed by atoms with Crippen molar-refractivity contribution >= 4 is 72.7 Å². The fourth-order valence-electron chi connectivity index (χ4n) is 9.24. The Hall–Kier alpha value is -4.77. The number of aromatic nitrogens is 2. The summed E-state index contributed by atoms with van der Waals surface area (Å²) in [5, 5.41) is 17.2. The Kier molecular flexibility index (Phi) is 13.0. The van der Waals surface area contributed by atoms with Gasteiger partial charge in [-0.2, -0.15) is 0 Å². The van der Waals surface area contributed by atoms with Crippen LogP contribution in [0.15, 0.2) is 113 Å². The lowest BCUT2D eigenvalue weighted by Crippen LogP contribution is -2.47. The summed E-state index contributed by atoms with van der Waals surface area (Å²) in [6.45, 7) is 6.99. The molecule has 62 heavy (non-hydrogen) atoms. The molecule has 3 fully saturated rings. The van der Waals surface area contributed by atoms with Crippen molar-refractivity contribution in [3.8, 4) is 0 Å². The summed E-state index contributed by atoms with van der Waals surface area (Å²) in [5.74, 6) is 0.776. The number of anilines is 3. The quantitative estimate of drug-likeness (QED) is 0.0556. The van der Waals surface area contributed by atoms with Gasteiger partial charge in [-0.15, -0.1) is 11.8 Å². The standard InChI is InChI=1S/C46H51ClN8O5S2/c47-34-12-10-32(11-13-34)41-9-5-4-6-33(41)27-52-20-22-53(23-21-52)36-14-16-42-44(25-36)48-31-49-46(42)51-62(58,59)40-15-17-43(45(26-40)55(56)57)50-35(30-61-39-7-2-1-3-8-39)18-19-54-28-38-24-37(54)29-60-38/h1-3,7-8,10-17,25-26,31,35,37-38,50H,4-6,9,18-24,27-30H2,(H,48,49,51). The van der Waals surface area contributed by atoms with E-state index in [9.17, 15) is 18.5 Å². The lowest BCUT2D eigenvalue weighted by Gasteiger charge is -2.37. The average molecular weight is 896 g/mol. The van der Waals surface area contributed by atoms with Gasteiger partial charge in [0.1, 0.15) is 12.0 Å². The number of fused-ring (bicyclic) bond motifs is 3. The van der Waals surface area contributed by atoms with Crippen LogP contribution < -0.4 is 14.9 Å². The maximum atomic E-state index is 13.9. The van der Waals surface area contributed by atoms with Crippen molar-refractivity contribution in [2.75, 3.05) is 73.1 Å². The Morgan fingerprint density at radius 2 is 1.76 bits per heavy atom. The highest BCUT2D eigenvalue weighted by Gasteiger charge is 2.39. The van der Waals surface area contributed by atoms with Crippen LogP contribution in [0.3, 0.4) is 0 Å². The second-order valence-electron chi connectivity index (χ2n) is 16.6. The number of halogens is 1.